The molecule has 0 spiro atoms. The van der Waals surface area contributed by atoms with Crippen LogP contribution in [0.25, 0.3) is 0 Å². The third kappa shape index (κ3) is 2.12. The number of piperidine rings is 1. The van der Waals surface area contributed by atoms with E-state index in [1.807, 2.05) is 0 Å². The zero-order valence-corrected chi connectivity index (χ0v) is 9.81. The predicted molar refractivity (Wildman–Crippen MR) is 59.5 cm³/mol. The number of carbonyl (C=O) groups is 1. The van der Waals surface area contributed by atoms with E-state index in [4.69, 9.17) is 5.11 Å². The minimum absolute atomic E-state index is 0.103. The average Bonchev–Trinajstić information content (AvgIpc) is 2.33. The first-order chi connectivity index (χ1) is 8.43. The van der Waals surface area contributed by atoms with Crippen LogP contribution >= 0.6 is 0 Å². The van der Waals surface area contributed by atoms with Crippen molar-refractivity contribution in [2.45, 2.75) is 19.5 Å². The van der Waals surface area contributed by atoms with Crippen LogP contribution in [0.1, 0.15) is 13.3 Å². The summed E-state index contributed by atoms with van der Waals surface area (Å²) < 4.78 is 26.6. The molecule has 1 saturated heterocycles. The van der Waals surface area contributed by atoms with Gasteiger partial charge in [0.05, 0.1) is 24.4 Å². The number of aliphatic carboxylic acids is 1. The monoisotopic (exact) mass is 257 g/mol. The fraction of sp³-hybridized carbons (Fsp3) is 0.545. The lowest BCUT2D eigenvalue weighted by atomic mass is 9.79. The van der Waals surface area contributed by atoms with E-state index < -0.39 is 23.4 Å². The lowest BCUT2D eigenvalue weighted by Gasteiger charge is -2.39. The molecule has 1 aliphatic rings. The number of rotatable bonds is 2. The molecule has 1 fully saturated rings. The second-order valence-electron chi connectivity index (χ2n) is 4.59. The first-order valence-corrected chi connectivity index (χ1v) is 5.53. The van der Waals surface area contributed by atoms with E-state index in [1.54, 1.807) is 0 Å². The van der Waals surface area contributed by atoms with E-state index >= 15 is 0 Å². The number of aromatic nitrogens is 2. The lowest BCUT2D eigenvalue weighted by molar-refractivity contribution is -0.153. The van der Waals surface area contributed by atoms with Gasteiger partial charge in [-0.25, -0.2) is 18.7 Å². The van der Waals surface area contributed by atoms with Crippen molar-refractivity contribution in [3.05, 3.63) is 18.2 Å². The number of nitrogens with zero attached hydrogens (tertiary/aromatic N) is 3. The Kier molecular flexibility index (Phi) is 3.14. The molecule has 5 nitrogen and oxygen atoms in total. The van der Waals surface area contributed by atoms with E-state index in [0.29, 0.717) is 6.54 Å². The van der Waals surface area contributed by atoms with Crippen molar-refractivity contribution in [3.8, 4) is 0 Å². The molecule has 18 heavy (non-hydrogen) atoms. The molecule has 1 N–H and O–H groups in total. The summed E-state index contributed by atoms with van der Waals surface area (Å²) in [7, 11) is 0. The molecular formula is C11H13F2N3O2. The fourth-order valence-electron chi connectivity index (χ4n) is 1.90. The van der Waals surface area contributed by atoms with Gasteiger partial charge in [0.2, 0.25) is 5.95 Å². The standard InChI is InChI=1S/C11H13F2N3O2/c1-11(9(17)18)2-3-16(6-8(11)13)10-14-4-7(12)5-15-10/h4-5,8H,2-3,6H2,1H3,(H,17,18)/t8-,11?/m1/s1. The lowest BCUT2D eigenvalue weighted by Crippen LogP contribution is -2.51. The largest absolute Gasteiger partial charge is 0.481 e. The van der Waals surface area contributed by atoms with Crippen LogP contribution in [0.15, 0.2) is 12.4 Å². The highest BCUT2D eigenvalue weighted by Crippen LogP contribution is 2.34. The van der Waals surface area contributed by atoms with Crippen molar-refractivity contribution in [3.63, 3.8) is 0 Å². The Morgan fingerprint density at radius 3 is 2.67 bits per heavy atom. The second kappa shape index (κ2) is 4.47. The Bertz CT molecular complexity index is 454. The highest BCUT2D eigenvalue weighted by molar-refractivity contribution is 5.75. The van der Waals surface area contributed by atoms with Crippen molar-refractivity contribution >= 4 is 11.9 Å². The number of hydrogen-bond donors (Lipinski definition) is 1. The minimum atomic E-state index is -1.52. The van der Waals surface area contributed by atoms with Crippen LogP contribution in [0, 0.1) is 11.2 Å². The van der Waals surface area contributed by atoms with Gasteiger partial charge in [-0.2, -0.15) is 0 Å². The maximum Gasteiger partial charge on any atom is 0.312 e. The van der Waals surface area contributed by atoms with E-state index in [9.17, 15) is 13.6 Å². The van der Waals surface area contributed by atoms with Crippen LogP contribution < -0.4 is 4.90 Å². The Morgan fingerprint density at radius 2 is 2.17 bits per heavy atom. The number of halogens is 2. The molecule has 0 radical (unpaired) electrons. The zero-order chi connectivity index (χ0) is 13.3. The van der Waals surface area contributed by atoms with Crippen LogP contribution in [0.5, 0.6) is 0 Å². The molecule has 0 amide bonds. The molecule has 2 atom stereocenters. The SMILES string of the molecule is CC1(C(=O)O)CCN(c2ncc(F)cn2)C[C@H]1F. The molecule has 1 unspecified atom stereocenters. The summed E-state index contributed by atoms with van der Waals surface area (Å²) in [4.78, 5) is 20.1. The molecular weight excluding hydrogens is 244 g/mol. The van der Waals surface area contributed by atoms with Gasteiger partial charge in [0.1, 0.15) is 6.17 Å². The van der Waals surface area contributed by atoms with Gasteiger partial charge in [-0.15, -0.1) is 0 Å². The number of hydrogen-bond acceptors (Lipinski definition) is 4. The third-order valence-corrected chi connectivity index (χ3v) is 3.35. The van der Waals surface area contributed by atoms with Gasteiger partial charge in [-0.05, 0) is 13.3 Å². The van der Waals surface area contributed by atoms with E-state index in [0.717, 1.165) is 12.4 Å². The summed E-state index contributed by atoms with van der Waals surface area (Å²) in [5.74, 6) is -1.50. The minimum Gasteiger partial charge on any atom is -0.481 e. The van der Waals surface area contributed by atoms with Crippen LogP contribution in [-0.4, -0.2) is 40.3 Å². The number of carboxylic acid groups (broad SMARTS) is 1. The van der Waals surface area contributed by atoms with Gasteiger partial charge < -0.3 is 10.0 Å². The molecule has 1 aliphatic heterocycles. The summed E-state index contributed by atoms with van der Waals surface area (Å²) in [6.07, 6.45) is 0.642. The fourth-order valence-corrected chi connectivity index (χ4v) is 1.90. The van der Waals surface area contributed by atoms with Crippen molar-refractivity contribution < 1.29 is 18.7 Å². The van der Waals surface area contributed by atoms with Gasteiger partial charge in [0, 0.05) is 6.54 Å². The molecule has 0 bridgehead atoms. The van der Waals surface area contributed by atoms with Crippen molar-refractivity contribution in [1.29, 1.82) is 0 Å². The summed E-state index contributed by atoms with van der Waals surface area (Å²) in [5, 5.41) is 9.02. The van der Waals surface area contributed by atoms with Gasteiger partial charge in [0.15, 0.2) is 5.82 Å². The number of carboxylic acids is 1. The normalized spacial score (nSPS) is 28.2. The Balaban J connectivity index is 2.13. The highest BCUT2D eigenvalue weighted by atomic mass is 19.1. The van der Waals surface area contributed by atoms with E-state index in [-0.39, 0.29) is 18.9 Å². The number of alkyl halides is 1. The molecule has 2 heterocycles. The van der Waals surface area contributed by atoms with Gasteiger partial charge >= 0.3 is 5.97 Å². The first kappa shape index (κ1) is 12.7. The average molecular weight is 257 g/mol. The molecule has 1 aromatic heterocycles. The second-order valence-corrected chi connectivity index (χ2v) is 4.59. The Hall–Kier alpha value is -1.79. The molecule has 7 heteroatoms. The number of anilines is 1. The van der Waals surface area contributed by atoms with Crippen molar-refractivity contribution in [1.82, 2.24) is 9.97 Å². The molecule has 98 valence electrons. The van der Waals surface area contributed by atoms with Crippen LogP contribution in [0.2, 0.25) is 0 Å². The maximum absolute atomic E-state index is 13.9. The quantitative estimate of drug-likeness (QED) is 0.863. The highest BCUT2D eigenvalue weighted by Gasteiger charge is 2.46. The van der Waals surface area contributed by atoms with Crippen LogP contribution in [-0.2, 0) is 4.79 Å². The summed E-state index contributed by atoms with van der Waals surface area (Å²) in [5.41, 5.74) is -1.38. The van der Waals surface area contributed by atoms with Crippen molar-refractivity contribution in [2.24, 2.45) is 5.41 Å². The molecule has 2 rings (SSSR count). The van der Waals surface area contributed by atoms with E-state index in [1.165, 1.54) is 11.8 Å². The topological polar surface area (TPSA) is 66.3 Å². The van der Waals surface area contributed by atoms with Gasteiger partial charge in [0.25, 0.3) is 0 Å². The summed E-state index contributed by atoms with van der Waals surface area (Å²) in [6.45, 7) is 1.62. The van der Waals surface area contributed by atoms with Gasteiger partial charge in [-0.3, -0.25) is 4.79 Å². The van der Waals surface area contributed by atoms with E-state index in [2.05, 4.69) is 9.97 Å². The smallest absolute Gasteiger partial charge is 0.312 e. The Labute approximate surface area is 102 Å². The van der Waals surface area contributed by atoms with Gasteiger partial charge in [-0.1, -0.05) is 0 Å². The molecule has 0 aromatic carbocycles. The molecule has 0 saturated carbocycles. The Morgan fingerprint density at radius 1 is 1.56 bits per heavy atom. The summed E-state index contributed by atoms with van der Waals surface area (Å²) >= 11 is 0. The molecule has 1 aromatic rings. The zero-order valence-electron chi connectivity index (χ0n) is 9.81. The maximum atomic E-state index is 13.9. The third-order valence-electron chi connectivity index (χ3n) is 3.35. The van der Waals surface area contributed by atoms with Crippen LogP contribution in [0.4, 0.5) is 14.7 Å². The first-order valence-electron chi connectivity index (χ1n) is 5.53. The summed E-state index contributed by atoms with van der Waals surface area (Å²) in [6, 6.07) is 0. The van der Waals surface area contributed by atoms with Crippen LogP contribution in [0.3, 0.4) is 0 Å². The predicted octanol–water partition coefficient (Wildman–Crippen LogP) is 1.25. The van der Waals surface area contributed by atoms with Crippen molar-refractivity contribution in [2.75, 3.05) is 18.0 Å². The molecule has 0 aliphatic carbocycles.